The van der Waals surface area contributed by atoms with Crippen molar-refractivity contribution < 1.29 is 4.79 Å². The number of rotatable bonds is 6. The molecule has 0 saturated heterocycles. The predicted molar refractivity (Wildman–Crippen MR) is 86.7 cm³/mol. The Labute approximate surface area is 121 Å². The monoisotopic (exact) mass is 266 g/mol. The Morgan fingerprint density at radius 3 is 2.35 bits per heavy atom. The third kappa shape index (κ3) is 2.98. The first-order valence-electron chi connectivity index (χ1n) is 7.47. The molecular weight excluding hydrogens is 244 g/mol. The standard InChI is InChI=1S/C19H22O/c1-3-8-16(14-20)17(9-4-2)19-13-7-11-15-10-5-6-12-18(15)19/h5-7,10-14H,3-4,8-9H2,1-2H3/b17-16-. The van der Waals surface area contributed by atoms with Gasteiger partial charge in [0.2, 0.25) is 0 Å². The first-order chi connectivity index (χ1) is 9.81. The molecule has 0 aromatic heterocycles. The highest BCUT2D eigenvalue weighted by Gasteiger charge is 2.10. The Morgan fingerprint density at radius 1 is 0.950 bits per heavy atom. The summed E-state index contributed by atoms with van der Waals surface area (Å²) in [6.07, 6.45) is 4.94. The number of allylic oxidation sites excluding steroid dienone is 2. The lowest BCUT2D eigenvalue weighted by molar-refractivity contribution is -0.105. The van der Waals surface area contributed by atoms with Gasteiger partial charge in [-0.25, -0.2) is 0 Å². The van der Waals surface area contributed by atoms with Crippen LogP contribution in [0.5, 0.6) is 0 Å². The molecule has 104 valence electrons. The average Bonchev–Trinajstić information content (AvgIpc) is 2.50. The molecule has 0 spiro atoms. The Hall–Kier alpha value is -1.89. The van der Waals surface area contributed by atoms with Gasteiger partial charge in [0.1, 0.15) is 6.29 Å². The summed E-state index contributed by atoms with van der Waals surface area (Å²) < 4.78 is 0. The van der Waals surface area contributed by atoms with Gasteiger partial charge in [-0.15, -0.1) is 0 Å². The SMILES string of the molecule is CCC/C(C=O)=C(\CCC)c1cccc2ccccc12. The zero-order chi connectivity index (χ0) is 14.4. The van der Waals surface area contributed by atoms with E-state index in [1.54, 1.807) is 0 Å². The molecule has 0 saturated carbocycles. The highest BCUT2D eigenvalue weighted by Crippen LogP contribution is 2.31. The zero-order valence-corrected chi connectivity index (χ0v) is 12.4. The molecule has 0 unspecified atom stereocenters. The van der Waals surface area contributed by atoms with Gasteiger partial charge in [0, 0.05) is 0 Å². The van der Waals surface area contributed by atoms with Crippen LogP contribution in [0, 0.1) is 0 Å². The molecule has 1 nitrogen and oxygen atoms in total. The third-order valence-electron chi connectivity index (χ3n) is 3.66. The van der Waals surface area contributed by atoms with E-state index in [1.165, 1.54) is 21.9 Å². The van der Waals surface area contributed by atoms with Crippen molar-refractivity contribution in [3.63, 3.8) is 0 Å². The normalized spacial score (nSPS) is 12.3. The third-order valence-corrected chi connectivity index (χ3v) is 3.66. The Bertz CT molecular complexity index is 617. The topological polar surface area (TPSA) is 17.1 Å². The van der Waals surface area contributed by atoms with Crippen LogP contribution >= 0.6 is 0 Å². The zero-order valence-electron chi connectivity index (χ0n) is 12.4. The Morgan fingerprint density at radius 2 is 1.65 bits per heavy atom. The number of hydrogen-bond acceptors (Lipinski definition) is 1. The van der Waals surface area contributed by atoms with Gasteiger partial charge in [-0.3, -0.25) is 4.79 Å². The number of aldehydes is 1. The fourth-order valence-electron chi connectivity index (χ4n) is 2.76. The van der Waals surface area contributed by atoms with Gasteiger partial charge in [-0.05, 0) is 40.3 Å². The second-order valence-corrected chi connectivity index (χ2v) is 5.15. The smallest absolute Gasteiger partial charge is 0.146 e. The highest BCUT2D eigenvalue weighted by atomic mass is 16.1. The van der Waals surface area contributed by atoms with Crippen molar-refractivity contribution in [3.8, 4) is 0 Å². The van der Waals surface area contributed by atoms with E-state index < -0.39 is 0 Å². The quantitative estimate of drug-likeness (QED) is 0.506. The Kier molecular flexibility index (Phi) is 5.11. The average molecular weight is 266 g/mol. The second kappa shape index (κ2) is 7.04. The van der Waals surface area contributed by atoms with Gasteiger partial charge >= 0.3 is 0 Å². The van der Waals surface area contributed by atoms with Crippen LogP contribution in [0.15, 0.2) is 48.0 Å². The molecule has 0 fully saturated rings. The minimum Gasteiger partial charge on any atom is -0.298 e. The van der Waals surface area contributed by atoms with Crippen LogP contribution in [0.4, 0.5) is 0 Å². The summed E-state index contributed by atoms with van der Waals surface area (Å²) in [5.41, 5.74) is 3.41. The molecule has 2 aromatic rings. The number of fused-ring (bicyclic) bond motifs is 1. The van der Waals surface area contributed by atoms with Crippen LogP contribution in [-0.2, 0) is 4.79 Å². The fraction of sp³-hybridized carbons (Fsp3) is 0.316. The van der Waals surface area contributed by atoms with Gasteiger partial charge < -0.3 is 0 Å². The minimum atomic E-state index is 0.863. The van der Waals surface area contributed by atoms with Gasteiger partial charge in [-0.1, -0.05) is 69.2 Å². The Balaban J connectivity index is 2.65. The lowest BCUT2D eigenvalue weighted by Crippen LogP contribution is -1.95. The maximum Gasteiger partial charge on any atom is 0.146 e. The van der Waals surface area contributed by atoms with E-state index in [-0.39, 0.29) is 0 Å². The molecule has 0 heterocycles. The van der Waals surface area contributed by atoms with Crippen LogP contribution in [0.2, 0.25) is 0 Å². The molecular formula is C19H22O. The van der Waals surface area contributed by atoms with E-state index in [9.17, 15) is 4.79 Å². The molecule has 0 atom stereocenters. The molecule has 0 N–H and O–H groups in total. The second-order valence-electron chi connectivity index (χ2n) is 5.15. The molecule has 0 aliphatic heterocycles. The van der Waals surface area contributed by atoms with E-state index in [0.29, 0.717) is 0 Å². The summed E-state index contributed by atoms with van der Waals surface area (Å²) in [5.74, 6) is 0. The van der Waals surface area contributed by atoms with Gasteiger partial charge in [0.25, 0.3) is 0 Å². The van der Waals surface area contributed by atoms with E-state index >= 15 is 0 Å². The molecule has 0 aliphatic carbocycles. The summed E-state index contributed by atoms with van der Waals surface area (Å²) in [5, 5.41) is 2.48. The van der Waals surface area contributed by atoms with Crippen LogP contribution in [0.3, 0.4) is 0 Å². The van der Waals surface area contributed by atoms with Crippen molar-refractivity contribution in [2.45, 2.75) is 39.5 Å². The molecule has 2 rings (SSSR count). The van der Waals surface area contributed by atoms with Gasteiger partial charge in [0.05, 0.1) is 0 Å². The lowest BCUT2D eigenvalue weighted by atomic mass is 9.90. The van der Waals surface area contributed by atoms with Crippen molar-refractivity contribution in [1.29, 1.82) is 0 Å². The van der Waals surface area contributed by atoms with Crippen molar-refractivity contribution in [2.75, 3.05) is 0 Å². The van der Waals surface area contributed by atoms with Gasteiger partial charge in [-0.2, -0.15) is 0 Å². The maximum atomic E-state index is 11.5. The van der Waals surface area contributed by atoms with E-state index in [1.807, 2.05) is 0 Å². The molecule has 0 amide bonds. The number of hydrogen-bond donors (Lipinski definition) is 0. The van der Waals surface area contributed by atoms with E-state index in [4.69, 9.17) is 0 Å². The summed E-state index contributed by atoms with van der Waals surface area (Å²) in [6, 6.07) is 14.8. The summed E-state index contributed by atoms with van der Waals surface area (Å²) in [6.45, 7) is 4.29. The van der Waals surface area contributed by atoms with Crippen LogP contribution in [0.25, 0.3) is 16.3 Å². The number of benzene rings is 2. The molecule has 0 radical (unpaired) electrons. The van der Waals surface area contributed by atoms with E-state index in [0.717, 1.165) is 37.5 Å². The first-order valence-corrected chi connectivity index (χ1v) is 7.47. The molecule has 2 aromatic carbocycles. The van der Waals surface area contributed by atoms with Crippen molar-refractivity contribution >= 4 is 22.6 Å². The largest absolute Gasteiger partial charge is 0.298 e. The lowest BCUT2D eigenvalue weighted by Gasteiger charge is -2.13. The van der Waals surface area contributed by atoms with Crippen LogP contribution < -0.4 is 0 Å². The summed E-state index contributed by atoms with van der Waals surface area (Å²) in [4.78, 5) is 11.5. The highest BCUT2D eigenvalue weighted by molar-refractivity contribution is 5.98. The minimum absolute atomic E-state index is 0.863. The molecule has 0 aliphatic rings. The van der Waals surface area contributed by atoms with Crippen molar-refractivity contribution in [1.82, 2.24) is 0 Å². The number of carbonyl (C=O) groups is 1. The number of carbonyl (C=O) groups excluding carboxylic acids is 1. The van der Waals surface area contributed by atoms with E-state index in [2.05, 4.69) is 56.3 Å². The molecule has 0 bridgehead atoms. The fourth-order valence-corrected chi connectivity index (χ4v) is 2.76. The molecule has 20 heavy (non-hydrogen) atoms. The van der Waals surface area contributed by atoms with Crippen molar-refractivity contribution in [2.24, 2.45) is 0 Å². The molecule has 1 heteroatoms. The van der Waals surface area contributed by atoms with Gasteiger partial charge in [0.15, 0.2) is 0 Å². The van der Waals surface area contributed by atoms with Crippen molar-refractivity contribution in [3.05, 3.63) is 53.6 Å². The maximum absolute atomic E-state index is 11.5. The van der Waals surface area contributed by atoms with Crippen LogP contribution in [0.1, 0.15) is 45.1 Å². The predicted octanol–water partition coefficient (Wildman–Crippen LogP) is 5.39. The van der Waals surface area contributed by atoms with Crippen LogP contribution in [-0.4, -0.2) is 6.29 Å². The summed E-state index contributed by atoms with van der Waals surface area (Å²) >= 11 is 0. The summed E-state index contributed by atoms with van der Waals surface area (Å²) in [7, 11) is 0. The first kappa shape index (κ1) is 14.5.